The fourth-order valence-electron chi connectivity index (χ4n) is 0.762. The lowest BCUT2D eigenvalue weighted by Crippen LogP contribution is -2.28. The monoisotopic (exact) mass is 149 g/mol. The van der Waals surface area contributed by atoms with Crippen molar-refractivity contribution in [1.82, 2.24) is 5.23 Å². The maximum Gasteiger partial charge on any atom is 0.186 e. The first-order chi connectivity index (χ1) is 5.33. The van der Waals surface area contributed by atoms with E-state index in [4.69, 9.17) is 4.74 Å². The minimum Gasteiger partial charge on any atom is -0.477 e. The molecule has 0 saturated heterocycles. The van der Waals surface area contributed by atoms with Crippen LogP contribution in [0.2, 0.25) is 0 Å². The molecular formula is C8H12BNO. The van der Waals surface area contributed by atoms with Gasteiger partial charge in [0.1, 0.15) is 12.0 Å². The zero-order valence-corrected chi connectivity index (χ0v) is 6.87. The molecule has 1 aromatic rings. The van der Waals surface area contributed by atoms with Gasteiger partial charge in [0.15, 0.2) is 7.98 Å². The molecule has 0 spiro atoms. The molecule has 0 bridgehead atoms. The van der Waals surface area contributed by atoms with Crippen LogP contribution in [-0.4, -0.2) is 14.2 Å². The molecule has 1 unspecified atom stereocenters. The highest BCUT2D eigenvalue weighted by atomic mass is 16.5. The van der Waals surface area contributed by atoms with Crippen LogP contribution in [0.25, 0.3) is 0 Å². The largest absolute Gasteiger partial charge is 0.477 e. The lowest BCUT2D eigenvalue weighted by Gasteiger charge is -2.12. The van der Waals surface area contributed by atoms with Crippen LogP contribution >= 0.6 is 0 Å². The van der Waals surface area contributed by atoms with Crippen molar-refractivity contribution in [1.29, 1.82) is 0 Å². The van der Waals surface area contributed by atoms with Crippen LogP contribution in [0.4, 0.5) is 0 Å². The summed E-state index contributed by atoms with van der Waals surface area (Å²) in [5, 5.41) is 2.99. The van der Waals surface area contributed by atoms with Crippen molar-refractivity contribution in [2.45, 2.75) is 13.2 Å². The van der Waals surface area contributed by atoms with Crippen molar-refractivity contribution in [2.24, 2.45) is 0 Å². The summed E-state index contributed by atoms with van der Waals surface area (Å²) in [7, 11) is 1.87. The summed E-state index contributed by atoms with van der Waals surface area (Å²) < 4.78 is 5.45. The quantitative estimate of drug-likeness (QED) is 0.500. The average Bonchev–Trinajstić information content (AvgIpc) is 2.06. The number of ether oxygens (including phenoxy) is 1. The summed E-state index contributed by atoms with van der Waals surface area (Å²) in [5.41, 5.74) is 0. The molecule has 2 nitrogen and oxygen atoms in total. The summed E-state index contributed by atoms with van der Waals surface area (Å²) in [6.45, 7) is 1.97. The molecule has 0 aliphatic rings. The molecule has 0 heterocycles. The molecule has 0 amide bonds. The van der Waals surface area contributed by atoms with Crippen molar-refractivity contribution >= 4 is 7.98 Å². The van der Waals surface area contributed by atoms with E-state index in [-0.39, 0.29) is 6.23 Å². The molecule has 0 aliphatic carbocycles. The van der Waals surface area contributed by atoms with Gasteiger partial charge in [-0.3, -0.25) is 0 Å². The first-order valence-electron chi connectivity index (χ1n) is 3.72. The molecule has 0 fully saturated rings. The fourth-order valence-corrected chi connectivity index (χ4v) is 0.762. The van der Waals surface area contributed by atoms with Gasteiger partial charge in [-0.2, -0.15) is 0 Å². The molecule has 0 aliphatic heterocycles. The predicted octanol–water partition coefficient (Wildman–Crippen LogP) is 0.549. The lowest BCUT2D eigenvalue weighted by atomic mass is 10.3. The second-order valence-electron chi connectivity index (χ2n) is 2.36. The second kappa shape index (κ2) is 4.03. The Balaban J connectivity index is 2.51. The van der Waals surface area contributed by atoms with Gasteiger partial charge >= 0.3 is 0 Å². The Kier molecular flexibility index (Phi) is 2.99. The molecule has 1 rings (SSSR count). The van der Waals surface area contributed by atoms with E-state index < -0.39 is 0 Å². The van der Waals surface area contributed by atoms with Gasteiger partial charge in [0.2, 0.25) is 0 Å². The molecule has 11 heavy (non-hydrogen) atoms. The third kappa shape index (κ3) is 2.64. The summed E-state index contributed by atoms with van der Waals surface area (Å²) in [6, 6.07) is 9.76. The van der Waals surface area contributed by atoms with Crippen LogP contribution in [0.15, 0.2) is 30.3 Å². The van der Waals surface area contributed by atoms with Gasteiger partial charge in [0.05, 0.1) is 0 Å². The summed E-state index contributed by atoms with van der Waals surface area (Å²) in [6.07, 6.45) is 0.0670. The van der Waals surface area contributed by atoms with Gasteiger partial charge in [0.25, 0.3) is 0 Å². The third-order valence-electron chi connectivity index (χ3n) is 1.46. The Labute approximate surface area is 68.0 Å². The van der Waals surface area contributed by atoms with Crippen LogP contribution in [0.3, 0.4) is 0 Å². The van der Waals surface area contributed by atoms with Crippen molar-refractivity contribution < 1.29 is 4.74 Å². The van der Waals surface area contributed by atoms with Gasteiger partial charge in [-0.15, -0.1) is 0 Å². The molecule has 3 heteroatoms. The van der Waals surface area contributed by atoms with Crippen LogP contribution in [0, 0.1) is 0 Å². The van der Waals surface area contributed by atoms with E-state index in [0.717, 1.165) is 5.75 Å². The maximum absolute atomic E-state index is 5.45. The van der Waals surface area contributed by atoms with Crippen molar-refractivity contribution in [2.75, 3.05) is 0 Å². The van der Waals surface area contributed by atoms with E-state index in [1.807, 2.05) is 45.2 Å². The van der Waals surface area contributed by atoms with Gasteiger partial charge in [-0.25, -0.2) is 0 Å². The smallest absolute Gasteiger partial charge is 0.186 e. The fraction of sp³-hybridized carbons (Fsp3) is 0.250. The highest BCUT2D eigenvalue weighted by Crippen LogP contribution is 2.08. The Morgan fingerprint density at radius 2 is 2.00 bits per heavy atom. The average molecular weight is 149 g/mol. The van der Waals surface area contributed by atoms with Gasteiger partial charge in [-0.05, 0) is 19.1 Å². The summed E-state index contributed by atoms with van der Waals surface area (Å²) in [4.78, 5) is 0. The second-order valence-corrected chi connectivity index (χ2v) is 2.36. The lowest BCUT2D eigenvalue weighted by molar-refractivity contribution is 0.212. The number of para-hydroxylation sites is 1. The van der Waals surface area contributed by atoms with Crippen molar-refractivity contribution in [3.05, 3.63) is 30.3 Å². The first kappa shape index (κ1) is 8.14. The Bertz CT molecular complexity index is 203. The molecule has 0 aromatic heterocycles. The molecular weight excluding hydrogens is 137 g/mol. The highest BCUT2D eigenvalue weighted by Gasteiger charge is 1.96. The third-order valence-corrected chi connectivity index (χ3v) is 1.46. The number of nitrogens with one attached hydrogen (secondary N) is 1. The molecule has 58 valence electrons. The standard InChI is InChI=1S/C8H12BNO/c1-7(10-9)11-8-5-3-2-4-6-8/h2-7,10H,9H2,1H3. The minimum absolute atomic E-state index is 0.0670. The minimum atomic E-state index is 0.0670. The topological polar surface area (TPSA) is 21.3 Å². The Morgan fingerprint density at radius 1 is 1.36 bits per heavy atom. The highest BCUT2D eigenvalue weighted by molar-refractivity contribution is 6.04. The van der Waals surface area contributed by atoms with E-state index in [2.05, 4.69) is 5.23 Å². The van der Waals surface area contributed by atoms with E-state index in [0.29, 0.717) is 0 Å². The number of hydrogen-bond donors (Lipinski definition) is 1. The molecule has 0 saturated carbocycles. The van der Waals surface area contributed by atoms with E-state index >= 15 is 0 Å². The number of hydrogen-bond acceptors (Lipinski definition) is 2. The van der Waals surface area contributed by atoms with Crippen molar-refractivity contribution in [3.8, 4) is 5.75 Å². The molecule has 1 atom stereocenters. The first-order valence-corrected chi connectivity index (χ1v) is 3.72. The molecule has 1 N–H and O–H groups in total. The van der Waals surface area contributed by atoms with E-state index in [1.54, 1.807) is 0 Å². The van der Waals surface area contributed by atoms with Crippen LogP contribution in [0.5, 0.6) is 5.75 Å². The van der Waals surface area contributed by atoms with E-state index in [9.17, 15) is 0 Å². The van der Waals surface area contributed by atoms with E-state index in [1.165, 1.54) is 0 Å². The van der Waals surface area contributed by atoms with Crippen LogP contribution < -0.4 is 9.96 Å². The number of rotatable bonds is 3. The number of benzene rings is 1. The molecule has 0 radical (unpaired) electrons. The van der Waals surface area contributed by atoms with Crippen LogP contribution in [0.1, 0.15) is 6.92 Å². The predicted molar refractivity (Wildman–Crippen MR) is 48.2 cm³/mol. The van der Waals surface area contributed by atoms with Crippen molar-refractivity contribution in [3.63, 3.8) is 0 Å². The van der Waals surface area contributed by atoms with Gasteiger partial charge < -0.3 is 9.96 Å². The maximum atomic E-state index is 5.45. The Hall–Kier alpha value is -0.955. The summed E-state index contributed by atoms with van der Waals surface area (Å²) in [5.74, 6) is 0.898. The normalized spacial score (nSPS) is 12.5. The van der Waals surface area contributed by atoms with Gasteiger partial charge in [-0.1, -0.05) is 18.2 Å². The zero-order valence-electron chi connectivity index (χ0n) is 6.87. The van der Waals surface area contributed by atoms with Crippen LogP contribution in [-0.2, 0) is 0 Å². The Morgan fingerprint density at radius 3 is 2.55 bits per heavy atom. The van der Waals surface area contributed by atoms with Gasteiger partial charge in [0, 0.05) is 0 Å². The SMILES string of the molecule is BNC(C)Oc1ccccc1. The zero-order chi connectivity index (χ0) is 8.10. The molecule has 1 aromatic carbocycles. The summed E-state index contributed by atoms with van der Waals surface area (Å²) >= 11 is 0.